The molecule has 0 saturated carbocycles. The molecule has 0 N–H and O–H groups in total. The zero-order valence-electron chi connectivity index (χ0n) is 46.7. The molecule has 3 aliphatic rings. The number of Topliss-reactive ketones (excluding diaryl/α,β-unsaturated/α-hetero) is 2. The molecule has 0 bridgehead atoms. The van der Waals surface area contributed by atoms with Gasteiger partial charge in [0.05, 0.1) is 62.3 Å². The van der Waals surface area contributed by atoms with E-state index in [-0.39, 0.29) is 77.7 Å². The lowest BCUT2D eigenvalue weighted by atomic mass is 9.79. The molecule has 0 unspecified atom stereocenters. The van der Waals surface area contributed by atoms with Crippen LogP contribution in [0.15, 0.2) is 107 Å². The molecule has 79 heavy (non-hydrogen) atoms. The van der Waals surface area contributed by atoms with Gasteiger partial charge in [-0.15, -0.1) is 23.1 Å². The summed E-state index contributed by atoms with van der Waals surface area (Å²) in [5.41, 5.74) is 3.43. The molecule has 3 aliphatic heterocycles. The van der Waals surface area contributed by atoms with E-state index in [2.05, 4.69) is 10.1 Å². The largest absolute Gasteiger partial charge is 0.497 e. The number of ketones is 2. The first-order chi connectivity index (χ1) is 37.8. The number of thioether (sulfide) groups is 1. The summed E-state index contributed by atoms with van der Waals surface area (Å²) in [6.07, 6.45) is 3.48. The predicted molar refractivity (Wildman–Crippen MR) is 307 cm³/mol. The van der Waals surface area contributed by atoms with E-state index in [0.717, 1.165) is 77.7 Å². The van der Waals surface area contributed by atoms with E-state index in [4.69, 9.17) is 44.9 Å². The van der Waals surface area contributed by atoms with Crippen molar-refractivity contribution in [2.24, 2.45) is 16.5 Å². The number of carbonyl (C=O) groups excluding carboxylic acids is 4. The Morgan fingerprint density at radius 1 is 0.785 bits per heavy atom. The number of thiazole rings is 1. The van der Waals surface area contributed by atoms with Crippen molar-refractivity contribution in [3.05, 3.63) is 140 Å². The summed E-state index contributed by atoms with van der Waals surface area (Å²) >= 11 is 10.0. The van der Waals surface area contributed by atoms with Gasteiger partial charge in [-0.1, -0.05) is 73.9 Å². The zero-order chi connectivity index (χ0) is 56.5. The summed E-state index contributed by atoms with van der Waals surface area (Å²) in [4.78, 5) is 69.6. The number of quaternary nitrogens is 1. The molecule has 1 amide bonds. The molecule has 0 radical (unpaired) electrons. The number of unbranched alkanes of at least 4 members (excludes halogenated alkanes) is 1. The highest BCUT2D eigenvalue weighted by atomic mass is 35.5. The summed E-state index contributed by atoms with van der Waals surface area (Å²) in [6, 6.07) is 25.8. The molecule has 2 fully saturated rings. The Labute approximate surface area is 477 Å². The van der Waals surface area contributed by atoms with Crippen LogP contribution in [-0.2, 0) is 43.8 Å². The number of carbonyl (C=O) groups is 4. The highest BCUT2D eigenvalue weighted by Crippen LogP contribution is 2.47. The standard InChI is InChI=1S/C61H72ClN4O11S2/c1-39-63-49(38-78-39)54(64-77-61(5,6)60(2,3)4)51(68)32-48-57(69)65-55(59(70)76-36-42-19-25-46(73-9)26-20-42)43(37-79-58(48)65)33-66(30-12-13-31-66)29-11-10-14-50(67)47-27-28-52(74-34-40-15-21-44(71-7)22-16-40)56(53(47)62)75-35-41-17-23-45(72-8)24-18-41/h15-28,38,48,58H,10-14,29-37H2,1-9H3/q+1/b64-54+/t48-,58-/m1/s1. The van der Waals surface area contributed by atoms with Crippen molar-refractivity contribution in [1.29, 1.82) is 0 Å². The third-order valence-corrected chi connectivity index (χ3v) is 17.9. The number of hydrogen-bond donors (Lipinski definition) is 0. The Kier molecular flexibility index (Phi) is 19.2. The molecule has 1 aromatic heterocycles. The first kappa shape index (κ1) is 58.7. The summed E-state index contributed by atoms with van der Waals surface area (Å²) in [6.45, 7) is 15.3. The molecule has 4 heterocycles. The molecule has 18 heteroatoms. The van der Waals surface area contributed by atoms with Crippen LogP contribution in [0.3, 0.4) is 0 Å². The molecule has 15 nitrogen and oxygen atoms in total. The third kappa shape index (κ3) is 14.1. The van der Waals surface area contributed by atoms with Crippen LogP contribution in [-0.4, -0.2) is 108 Å². The van der Waals surface area contributed by atoms with Gasteiger partial charge in [-0.2, -0.15) is 0 Å². The van der Waals surface area contributed by atoms with Gasteiger partial charge < -0.3 is 37.7 Å². The van der Waals surface area contributed by atoms with Crippen molar-refractivity contribution in [2.75, 3.05) is 53.3 Å². The van der Waals surface area contributed by atoms with Crippen LogP contribution >= 0.6 is 34.7 Å². The minimum atomic E-state index is -0.724. The van der Waals surface area contributed by atoms with E-state index in [1.54, 1.807) is 67.6 Å². The second kappa shape index (κ2) is 25.8. The number of methoxy groups -OCH3 is 3. The van der Waals surface area contributed by atoms with Crippen LogP contribution < -0.4 is 23.7 Å². The van der Waals surface area contributed by atoms with E-state index in [9.17, 15) is 19.2 Å². The van der Waals surface area contributed by atoms with Crippen molar-refractivity contribution >= 4 is 63.9 Å². The Bertz CT molecular complexity index is 3040. The second-order valence-corrected chi connectivity index (χ2v) is 24.4. The number of halogens is 1. The maximum atomic E-state index is 14.5. The monoisotopic (exact) mass is 1140 g/mol. The highest BCUT2D eigenvalue weighted by molar-refractivity contribution is 8.00. The van der Waals surface area contributed by atoms with E-state index < -0.39 is 22.9 Å². The quantitative estimate of drug-likeness (QED) is 0.00979. The van der Waals surface area contributed by atoms with Gasteiger partial charge in [0, 0.05) is 53.4 Å². The molecule has 8 rings (SSSR count). The fraction of sp³-hybridized carbons (Fsp3) is 0.443. The zero-order valence-corrected chi connectivity index (χ0v) is 49.1. The van der Waals surface area contributed by atoms with Crippen molar-refractivity contribution in [3.8, 4) is 28.7 Å². The van der Waals surface area contributed by atoms with Crippen LogP contribution in [0.2, 0.25) is 5.02 Å². The number of fused-ring (bicyclic) bond motifs is 1. The molecule has 5 aromatic rings. The first-order valence-electron chi connectivity index (χ1n) is 26.7. The number of esters is 1. The highest BCUT2D eigenvalue weighted by Gasteiger charge is 2.55. The molecule has 2 atom stereocenters. The van der Waals surface area contributed by atoms with Gasteiger partial charge in [0.1, 0.15) is 60.6 Å². The molecule has 0 aliphatic carbocycles. The predicted octanol–water partition coefficient (Wildman–Crippen LogP) is 12.0. The second-order valence-electron chi connectivity index (χ2n) is 21.8. The molecular weight excluding hydrogens is 1060 g/mol. The summed E-state index contributed by atoms with van der Waals surface area (Å²) in [5.74, 6) is 1.22. The fourth-order valence-electron chi connectivity index (χ4n) is 9.67. The molecule has 420 valence electrons. The minimum absolute atomic E-state index is 0.00701. The van der Waals surface area contributed by atoms with Gasteiger partial charge >= 0.3 is 5.97 Å². The molecule has 0 spiro atoms. The van der Waals surface area contributed by atoms with Crippen LogP contribution in [0, 0.1) is 18.3 Å². The summed E-state index contributed by atoms with van der Waals surface area (Å²) < 4.78 is 35.3. The Morgan fingerprint density at radius 2 is 1.37 bits per heavy atom. The van der Waals surface area contributed by atoms with Crippen molar-refractivity contribution in [2.45, 2.75) is 111 Å². The van der Waals surface area contributed by atoms with Crippen molar-refractivity contribution in [1.82, 2.24) is 9.88 Å². The number of likely N-dealkylation sites (tertiary alicyclic amines) is 1. The number of ether oxygens (including phenoxy) is 6. The lowest BCUT2D eigenvalue weighted by Gasteiger charge is -2.50. The topological polar surface area (TPSA) is 161 Å². The summed E-state index contributed by atoms with van der Waals surface area (Å²) in [5, 5.41) is 6.68. The Hall–Kier alpha value is -6.40. The molecule has 2 saturated heterocycles. The van der Waals surface area contributed by atoms with Gasteiger partial charge in [0.2, 0.25) is 5.91 Å². The number of oxime groups is 1. The number of aromatic nitrogens is 1. The van der Waals surface area contributed by atoms with Gasteiger partial charge in [-0.05, 0) is 98.8 Å². The number of nitrogens with zero attached hydrogens (tertiary/aromatic N) is 4. The molecule has 4 aromatic carbocycles. The van der Waals surface area contributed by atoms with E-state index >= 15 is 0 Å². The normalized spacial score (nSPS) is 17.2. The maximum absolute atomic E-state index is 14.5. The maximum Gasteiger partial charge on any atom is 0.355 e. The summed E-state index contributed by atoms with van der Waals surface area (Å²) in [7, 11) is 4.82. The average molecular weight is 1140 g/mol. The fourth-order valence-corrected chi connectivity index (χ4v) is 12.0. The minimum Gasteiger partial charge on any atom is -0.497 e. The van der Waals surface area contributed by atoms with Crippen LogP contribution in [0.4, 0.5) is 0 Å². The van der Waals surface area contributed by atoms with E-state index in [1.807, 2.05) is 102 Å². The third-order valence-electron chi connectivity index (χ3n) is 15.4. The molecular formula is C61H72ClN4O11S2+. The number of hydrogen-bond acceptors (Lipinski definition) is 15. The average Bonchev–Trinajstić information content (AvgIpc) is 4.20. The Morgan fingerprint density at radius 3 is 1.92 bits per heavy atom. The van der Waals surface area contributed by atoms with E-state index in [0.29, 0.717) is 46.0 Å². The lowest BCUT2D eigenvalue weighted by molar-refractivity contribution is -0.912. The number of rotatable bonds is 26. The lowest BCUT2D eigenvalue weighted by Crippen LogP contribution is -2.63. The van der Waals surface area contributed by atoms with Gasteiger partial charge in [-0.25, -0.2) is 9.78 Å². The van der Waals surface area contributed by atoms with Crippen molar-refractivity contribution in [3.63, 3.8) is 0 Å². The Balaban J connectivity index is 0.977. The van der Waals surface area contributed by atoms with Gasteiger partial charge in [0.15, 0.2) is 28.8 Å². The smallest absolute Gasteiger partial charge is 0.355 e. The van der Waals surface area contributed by atoms with Crippen LogP contribution in [0.5, 0.6) is 28.7 Å². The number of β-lactam (4-membered cyclic amide) rings is 1. The van der Waals surface area contributed by atoms with E-state index in [1.165, 1.54) is 11.3 Å². The SMILES string of the molecule is COc1ccc(COC(=O)C2=C(C[N+]3(CCCCC(=O)c4ccc(OCc5ccc(OC)cc5)c(OCc5ccc(OC)cc5)c4Cl)CCCC3)CS[C@@H]3[C@H](CC(=O)/C(=N/OC(C)(C)C(C)(C)C)c4csc(C)n4)C(=O)N23)cc1. The van der Waals surface area contributed by atoms with Crippen LogP contribution in [0.25, 0.3) is 0 Å². The van der Waals surface area contributed by atoms with Crippen LogP contribution in [0.1, 0.15) is 111 Å². The number of aryl methyl sites for hydroxylation is 1. The first-order valence-corrected chi connectivity index (χ1v) is 29.0. The van der Waals surface area contributed by atoms with Gasteiger partial charge in [-0.3, -0.25) is 19.3 Å². The van der Waals surface area contributed by atoms with Crippen molar-refractivity contribution < 1.29 is 56.9 Å². The number of benzene rings is 4. The van der Waals surface area contributed by atoms with Gasteiger partial charge in [0.25, 0.3) is 0 Å². The number of amides is 1.